The molecule has 0 saturated carbocycles. The number of aromatic nitrogens is 4. The van der Waals surface area contributed by atoms with Crippen LogP contribution in [-0.4, -0.2) is 28.0 Å². The highest BCUT2D eigenvalue weighted by Crippen LogP contribution is 2.22. The van der Waals surface area contributed by atoms with E-state index in [4.69, 9.17) is 0 Å². The number of hydrogen-bond acceptors (Lipinski definition) is 4. The number of sulfonamides is 1. The summed E-state index contributed by atoms with van der Waals surface area (Å²) in [5.41, 5.74) is 4.73. The largest absolute Gasteiger partial charge is 0.280 e. The van der Waals surface area contributed by atoms with Gasteiger partial charge in [-0.3, -0.25) is 14.1 Å². The Kier molecular flexibility index (Phi) is 4.62. The number of hydrogen-bond donors (Lipinski definition) is 1. The molecule has 2 aromatic heterocycles. The molecular weight excluding hydrogens is 350 g/mol. The quantitative estimate of drug-likeness (QED) is 0.745. The van der Waals surface area contributed by atoms with Crippen LogP contribution in [0.15, 0.2) is 35.2 Å². The Morgan fingerprint density at radius 1 is 1.04 bits per heavy atom. The summed E-state index contributed by atoms with van der Waals surface area (Å²) in [6, 6.07) is 9.36. The fraction of sp³-hybridized carbons (Fsp3) is 0.333. The third-order valence-corrected chi connectivity index (χ3v) is 5.99. The smallest absolute Gasteiger partial charge is 0.265 e. The fourth-order valence-corrected chi connectivity index (χ4v) is 4.53. The summed E-state index contributed by atoms with van der Waals surface area (Å²) in [4.78, 5) is 0.228. The lowest BCUT2D eigenvalue weighted by atomic mass is 10.2. The Labute approximate surface area is 153 Å². The van der Waals surface area contributed by atoms with Gasteiger partial charge in [0, 0.05) is 18.4 Å². The second-order valence-corrected chi connectivity index (χ2v) is 8.13. The molecule has 7 nitrogen and oxygen atoms in total. The molecule has 3 rings (SSSR count). The molecule has 0 bridgehead atoms. The van der Waals surface area contributed by atoms with E-state index in [1.807, 2.05) is 36.7 Å². The summed E-state index contributed by atoms with van der Waals surface area (Å²) in [5, 5.41) is 8.62. The van der Waals surface area contributed by atoms with Crippen molar-refractivity contribution in [2.24, 2.45) is 7.05 Å². The van der Waals surface area contributed by atoms with Crippen LogP contribution in [0, 0.1) is 27.7 Å². The summed E-state index contributed by atoms with van der Waals surface area (Å²) in [6.07, 6.45) is 0. The maximum atomic E-state index is 12.7. The minimum Gasteiger partial charge on any atom is -0.280 e. The van der Waals surface area contributed by atoms with Crippen LogP contribution in [0.2, 0.25) is 0 Å². The van der Waals surface area contributed by atoms with Gasteiger partial charge in [-0.25, -0.2) is 8.42 Å². The maximum Gasteiger partial charge on any atom is 0.265 e. The zero-order chi connectivity index (χ0) is 19.1. The lowest BCUT2D eigenvalue weighted by Crippen LogP contribution is -2.15. The van der Waals surface area contributed by atoms with Gasteiger partial charge in [0.15, 0.2) is 0 Å². The standard InChI is InChI=1S/C18H23N5O2S/c1-12-10-13(2)23(19-12)11-16-6-8-17(9-7-16)21-26(24,25)18-14(3)20-22(5)15(18)4/h6-10,21H,11H2,1-5H3. The van der Waals surface area contributed by atoms with Gasteiger partial charge < -0.3 is 0 Å². The molecule has 1 aromatic carbocycles. The normalized spacial score (nSPS) is 11.7. The van der Waals surface area contributed by atoms with Gasteiger partial charge in [0.05, 0.1) is 23.6 Å². The zero-order valence-corrected chi connectivity index (χ0v) is 16.4. The SMILES string of the molecule is Cc1cc(C)n(Cc2ccc(NS(=O)(=O)c3c(C)nn(C)c3C)cc2)n1. The Morgan fingerprint density at radius 2 is 1.69 bits per heavy atom. The number of benzene rings is 1. The van der Waals surface area contributed by atoms with Crippen molar-refractivity contribution in [2.75, 3.05) is 4.72 Å². The molecular formula is C18H23N5O2S. The number of nitrogens with one attached hydrogen (secondary N) is 1. The van der Waals surface area contributed by atoms with Gasteiger partial charge in [0.25, 0.3) is 10.0 Å². The third-order valence-electron chi connectivity index (χ3n) is 4.35. The van der Waals surface area contributed by atoms with E-state index in [2.05, 4.69) is 14.9 Å². The third kappa shape index (κ3) is 3.50. The van der Waals surface area contributed by atoms with Crippen molar-refractivity contribution in [3.05, 3.63) is 58.7 Å². The molecule has 0 aliphatic carbocycles. The van der Waals surface area contributed by atoms with Crippen LogP contribution in [0.5, 0.6) is 0 Å². The first-order chi connectivity index (χ1) is 12.2. The molecule has 8 heteroatoms. The predicted octanol–water partition coefficient (Wildman–Crippen LogP) is 2.70. The first kappa shape index (κ1) is 18.2. The second-order valence-electron chi connectivity index (χ2n) is 6.51. The summed E-state index contributed by atoms with van der Waals surface area (Å²) < 4.78 is 31.5. The first-order valence-corrected chi connectivity index (χ1v) is 9.78. The molecule has 0 spiro atoms. The van der Waals surface area contributed by atoms with Crippen LogP contribution in [0.1, 0.15) is 28.3 Å². The summed E-state index contributed by atoms with van der Waals surface area (Å²) >= 11 is 0. The highest BCUT2D eigenvalue weighted by Gasteiger charge is 2.23. The number of aryl methyl sites for hydroxylation is 4. The van der Waals surface area contributed by atoms with Crippen LogP contribution in [-0.2, 0) is 23.6 Å². The molecule has 0 unspecified atom stereocenters. The van der Waals surface area contributed by atoms with Crippen molar-refractivity contribution in [3.63, 3.8) is 0 Å². The lowest BCUT2D eigenvalue weighted by Gasteiger charge is -2.10. The van der Waals surface area contributed by atoms with Gasteiger partial charge in [-0.1, -0.05) is 12.1 Å². The van der Waals surface area contributed by atoms with Crippen molar-refractivity contribution in [3.8, 4) is 0 Å². The van der Waals surface area contributed by atoms with E-state index in [0.717, 1.165) is 17.0 Å². The molecule has 0 amide bonds. The van der Waals surface area contributed by atoms with Gasteiger partial charge >= 0.3 is 0 Å². The average Bonchev–Trinajstić information content (AvgIpc) is 2.99. The summed E-state index contributed by atoms with van der Waals surface area (Å²) in [5.74, 6) is 0. The predicted molar refractivity (Wildman–Crippen MR) is 101 cm³/mol. The van der Waals surface area contributed by atoms with Crippen molar-refractivity contribution >= 4 is 15.7 Å². The molecule has 26 heavy (non-hydrogen) atoms. The van der Waals surface area contributed by atoms with Crippen molar-refractivity contribution < 1.29 is 8.42 Å². The van der Waals surface area contributed by atoms with Crippen LogP contribution in [0.25, 0.3) is 0 Å². The molecule has 0 saturated heterocycles. The van der Waals surface area contributed by atoms with E-state index >= 15 is 0 Å². The second kappa shape index (κ2) is 6.60. The highest BCUT2D eigenvalue weighted by molar-refractivity contribution is 7.92. The van der Waals surface area contributed by atoms with Crippen LogP contribution >= 0.6 is 0 Å². The summed E-state index contributed by atoms with van der Waals surface area (Å²) in [6.45, 7) is 8.06. The fourth-order valence-electron chi connectivity index (χ4n) is 3.04. The molecule has 1 N–H and O–H groups in total. The monoisotopic (exact) mass is 373 g/mol. The van der Waals surface area contributed by atoms with Crippen LogP contribution in [0.3, 0.4) is 0 Å². The van der Waals surface area contributed by atoms with E-state index in [-0.39, 0.29) is 4.90 Å². The minimum absolute atomic E-state index is 0.228. The van der Waals surface area contributed by atoms with Crippen LogP contribution < -0.4 is 4.72 Å². The number of rotatable bonds is 5. The maximum absolute atomic E-state index is 12.7. The van der Waals surface area contributed by atoms with Crippen molar-refractivity contribution in [1.82, 2.24) is 19.6 Å². The average molecular weight is 373 g/mol. The molecule has 0 aliphatic rings. The van der Waals surface area contributed by atoms with Crippen LogP contribution in [0.4, 0.5) is 5.69 Å². The van der Waals surface area contributed by atoms with E-state index < -0.39 is 10.0 Å². The molecule has 0 fully saturated rings. The lowest BCUT2D eigenvalue weighted by molar-refractivity contribution is 0.599. The van der Waals surface area contributed by atoms with E-state index in [0.29, 0.717) is 23.6 Å². The van der Waals surface area contributed by atoms with E-state index in [1.165, 1.54) is 0 Å². The molecule has 0 atom stereocenters. The molecule has 138 valence electrons. The van der Waals surface area contributed by atoms with Crippen molar-refractivity contribution in [2.45, 2.75) is 39.1 Å². The Morgan fingerprint density at radius 3 is 2.19 bits per heavy atom. The Bertz CT molecular complexity index is 1050. The van der Waals surface area contributed by atoms with E-state index in [9.17, 15) is 8.42 Å². The minimum atomic E-state index is -3.68. The van der Waals surface area contributed by atoms with E-state index in [1.54, 1.807) is 37.7 Å². The Hall–Kier alpha value is -2.61. The Balaban J connectivity index is 1.79. The highest BCUT2D eigenvalue weighted by atomic mass is 32.2. The van der Waals surface area contributed by atoms with Gasteiger partial charge in [-0.15, -0.1) is 0 Å². The molecule has 2 heterocycles. The zero-order valence-electron chi connectivity index (χ0n) is 15.6. The van der Waals surface area contributed by atoms with Crippen molar-refractivity contribution in [1.29, 1.82) is 0 Å². The number of nitrogens with zero attached hydrogens (tertiary/aromatic N) is 4. The molecule has 3 aromatic rings. The van der Waals surface area contributed by atoms with Gasteiger partial charge in [0.2, 0.25) is 0 Å². The molecule has 0 aliphatic heterocycles. The molecule has 0 radical (unpaired) electrons. The number of anilines is 1. The van der Waals surface area contributed by atoms with Gasteiger partial charge in [-0.05, 0) is 51.5 Å². The van der Waals surface area contributed by atoms with Gasteiger partial charge in [0.1, 0.15) is 4.90 Å². The topological polar surface area (TPSA) is 81.8 Å². The first-order valence-electron chi connectivity index (χ1n) is 8.30. The summed E-state index contributed by atoms with van der Waals surface area (Å²) in [7, 11) is -1.95. The van der Waals surface area contributed by atoms with Gasteiger partial charge in [-0.2, -0.15) is 10.2 Å².